The Balaban J connectivity index is 1.88. The summed E-state index contributed by atoms with van der Waals surface area (Å²) in [4.78, 5) is 17.6. The molecule has 0 spiro atoms. The van der Waals surface area contributed by atoms with Gasteiger partial charge in [0, 0.05) is 11.6 Å². The van der Waals surface area contributed by atoms with Crippen molar-refractivity contribution in [3.8, 4) is 22.9 Å². The maximum atomic E-state index is 10.4. The molecule has 96 valence electrons. The molecule has 19 heavy (non-hydrogen) atoms. The lowest BCUT2D eigenvalue weighted by Gasteiger charge is -1.99. The van der Waals surface area contributed by atoms with Crippen molar-refractivity contribution in [3.63, 3.8) is 0 Å². The second kappa shape index (κ2) is 4.49. The van der Waals surface area contributed by atoms with Crippen LogP contribution in [0.5, 0.6) is 11.5 Å². The fourth-order valence-electron chi connectivity index (χ4n) is 1.77. The van der Waals surface area contributed by atoms with Crippen LogP contribution in [0.3, 0.4) is 0 Å². The molecule has 1 aliphatic rings. The minimum absolute atomic E-state index is 0.226. The number of nitrogens with one attached hydrogen (secondary N) is 1. The Kier molecular flexibility index (Phi) is 2.68. The second-order valence-corrected chi connectivity index (χ2v) is 3.93. The SMILES string of the molecule is O=C(O)/C=C/c1cnc(-c2ccc3c(c2)OCO3)[nH]1. The maximum Gasteiger partial charge on any atom is 0.328 e. The summed E-state index contributed by atoms with van der Waals surface area (Å²) in [5, 5.41) is 8.55. The van der Waals surface area contributed by atoms with E-state index in [1.165, 1.54) is 6.08 Å². The van der Waals surface area contributed by atoms with Crippen LogP contribution in [0.25, 0.3) is 17.5 Å². The Morgan fingerprint density at radius 3 is 3.05 bits per heavy atom. The molecule has 0 atom stereocenters. The average molecular weight is 258 g/mol. The number of carboxylic acid groups (broad SMARTS) is 1. The molecule has 3 rings (SSSR count). The Morgan fingerprint density at radius 1 is 1.37 bits per heavy atom. The number of ether oxygens (including phenoxy) is 2. The first-order chi connectivity index (χ1) is 9.22. The molecule has 1 aliphatic heterocycles. The minimum Gasteiger partial charge on any atom is -0.478 e. The highest BCUT2D eigenvalue weighted by atomic mass is 16.7. The number of rotatable bonds is 3. The summed E-state index contributed by atoms with van der Waals surface area (Å²) >= 11 is 0. The normalized spacial score (nSPS) is 13.1. The lowest BCUT2D eigenvalue weighted by atomic mass is 10.2. The number of carbonyl (C=O) groups is 1. The van der Waals surface area contributed by atoms with E-state index in [4.69, 9.17) is 14.6 Å². The molecule has 0 aliphatic carbocycles. The van der Waals surface area contributed by atoms with E-state index in [9.17, 15) is 4.79 Å². The third-order valence-electron chi connectivity index (χ3n) is 2.65. The van der Waals surface area contributed by atoms with Gasteiger partial charge in [0.05, 0.1) is 11.9 Å². The molecule has 1 aromatic heterocycles. The molecule has 1 aromatic carbocycles. The van der Waals surface area contributed by atoms with Gasteiger partial charge < -0.3 is 19.6 Å². The van der Waals surface area contributed by atoms with Gasteiger partial charge in [0.25, 0.3) is 0 Å². The summed E-state index contributed by atoms with van der Waals surface area (Å²) in [5.74, 6) is 1.03. The monoisotopic (exact) mass is 258 g/mol. The number of nitrogens with zero attached hydrogens (tertiary/aromatic N) is 1. The first-order valence-corrected chi connectivity index (χ1v) is 5.58. The highest BCUT2D eigenvalue weighted by Gasteiger charge is 2.14. The van der Waals surface area contributed by atoms with E-state index in [0.717, 1.165) is 11.6 Å². The van der Waals surface area contributed by atoms with Gasteiger partial charge in [-0.1, -0.05) is 0 Å². The van der Waals surface area contributed by atoms with E-state index in [1.54, 1.807) is 6.20 Å². The Hall–Kier alpha value is -2.76. The van der Waals surface area contributed by atoms with Crippen molar-refractivity contribution in [1.82, 2.24) is 9.97 Å². The highest BCUT2D eigenvalue weighted by Crippen LogP contribution is 2.35. The average Bonchev–Trinajstić information content (AvgIpc) is 3.04. The molecule has 0 unspecified atom stereocenters. The number of aromatic nitrogens is 2. The van der Waals surface area contributed by atoms with Crippen LogP contribution in [0.2, 0.25) is 0 Å². The molecule has 0 fully saturated rings. The van der Waals surface area contributed by atoms with Gasteiger partial charge in [0.1, 0.15) is 5.82 Å². The Morgan fingerprint density at radius 2 is 2.21 bits per heavy atom. The van der Waals surface area contributed by atoms with E-state index in [0.29, 0.717) is 23.0 Å². The smallest absolute Gasteiger partial charge is 0.328 e. The lowest BCUT2D eigenvalue weighted by molar-refractivity contribution is -0.131. The number of aromatic amines is 1. The number of imidazole rings is 1. The molecule has 2 heterocycles. The van der Waals surface area contributed by atoms with Crippen molar-refractivity contribution < 1.29 is 19.4 Å². The molecule has 0 radical (unpaired) electrons. The number of hydrogen-bond donors (Lipinski definition) is 2. The fourth-order valence-corrected chi connectivity index (χ4v) is 1.77. The van der Waals surface area contributed by atoms with Crippen LogP contribution in [0.1, 0.15) is 5.69 Å². The van der Waals surface area contributed by atoms with Crippen LogP contribution in [0.4, 0.5) is 0 Å². The topological polar surface area (TPSA) is 84.4 Å². The van der Waals surface area contributed by atoms with Gasteiger partial charge in [-0.05, 0) is 24.3 Å². The number of benzene rings is 1. The van der Waals surface area contributed by atoms with E-state index in [-0.39, 0.29) is 6.79 Å². The van der Waals surface area contributed by atoms with Crippen LogP contribution in [-0.4, -0.2) is 27.8 Å². The second-order valence-electron chi connectivity index (χ2n) is 3.93. The number of fused-ring (bicyclic) bond motifs is 1. The molecular weight excluding hydrogens is 248 g/mol. The summed E-state index contributed by atoms with van der Waals surface area (Å²) < 4.78 is 10.5. The Labute approximate surface area is 108 Å². The summed E-state index contributed by atoms with van der Waals surface area (Å²) in [5.41, 5.74) is 1.47. The molecule has 0 saturated carbocycles. The van der Waals surface area contributed by atoms with Crippen LogP contribution >= 0.6 is 0 Å². The van der Waals surface area contributed by atoms with Crippen LogP contribution in [-0.2, 0) is 4.79 Å². The van der Waals surface area contributed by atoms with Crippen molar-refractivity contribution in [1.29, 1.82) is 0 Å². The summed E-state index contributed by atoms with van der Waals surface area (Å²) in [6.45, 7) is 0.226. The quantitative estimate of drug-likeness (QED) is 0.821. The first kappa shape index (κ1) is 11.3. The van der Waals surface area contributed by atoms with Crippen molar-refractivity contribution in [2.45, 2.75) is 0 Å². The zero-order chi connectivity index (χ0) is 13.2. The molecule has 6 nitrogen and oxygen atoms in total. The van der Waals surface area contributed by atoms with E-state index < -0.39 is 5.97 Å². The molecule has 0 amide bonds. The van der Waals surface area contributed by atoms with Crippen molar-refractivity contribution in [2.75, 3.05) is 6.79 Å². The number of H-pyrrole nitrogens is 1. The van der Waals surface area contributed by atoms with Gasteiger partial charge >= 0.3 is 5.97 Å². The van der Waals surface area contributed by atoms with E-state index in [1.807, 2.05) is 18.2 Å². The van der Waals surface area contributed by atoms with Crippen LogP contribution in [0.15, 0.2) is 30.5 Å². The molecule has 0 bridgehead atoms. The maximum absolute atomic E-state index is 10.4. The Bertz CT molecular complexity index is 660. The minimum atomic E-state index is -1.00. The number of aliphatic carboxylic acids is 1. The summed E-state index contributed by atoms with van der Waals surface area (Å²) in [6.07, 6.45) is 4.07. The third-order valence-corrected chi connectivity index (χ3v) is 2.65. The van der Waals surface area contributed by atoms with Crippen molar-refractivity contribution in [2.24, 2.45) is 0 Å². The fraction of sp³-hybridized carbons (Fsp3) is 0.0769. The van der Waals surface area contributed by atoms with Gasteiger partial charge in [-0.2, -0.15) is 0 Å². The molecule has 2 aromatic rings. The van der Waals surface area contributed by atoms with E-state index >= 15 is 0 Å². The van der Waals surface area contributed by atoms with Crippen LogP contribution in [0, 0.1) is 0 Å². The summed E-state index contributed by atoms with van der Waals surface area (Å²) in [7, 11) is 0. The largest absolute Gasteiger partial charge is 0.478 e. The zero-order valence-corrected chi connectivity index (χ0v) is 9.79. The zero-order valence-electron chi connectivity index (χ0n) is 9.79. The lowest BCUT2D eigenvalue weighted by Crippen LogP contribution is -1.92. The first-order valence-electron chi connectivity index (χ1n) is 5.58. The van der Waals surface area contributed by atoms with Gasteiger partial charge in [-0.25, -0.2) is 9.78 Å². The van der Waals surface area contributed by atoms with Gasteiger partial charge in [0.2, 0.25) is 6.79 Å². The molecule has 2 N–H and O–H groups in total. The number of carboxylic acids is 1. The predicted octanol–water partition coefficient (Wildman–Crippen LogP) is 1.90. The molecular formula is C13H10N2O4. The van der Waals surface area contributed by atoms with Gasteiger partial charge in [0.15, 0.2) is 11.5 Å². The van der Waals surface area contributed by atoms with Crippen LogP contribution < -0.4 is 9.47 Å². The van der Waals surface area contributed by atoms with E-state index in [2.05, 4.69) is 9.97 Å². The summed E-state index contributed by atoms with van der Waals surface area (Å²) in [6, 6.07) is 5.50. The van der Waals surface area contributed by atoms with Gasteiger partial charge in [-0.15, -0.1) is 0 Å². The van der Waals surface area contributed by atoms with Gasteiger partial charge in [-0.3, -0.25) is 0 Å². The van der Waals surface area contributed by atoms with Crippen molar-refractivity contribution >= 4 is 12.0 Å². The van der Waals surface area contributed by atoms with Crippen molar-refractivity contribution in [3.05, 3.63) is 36.2 Å². The number of hydrogen-bond acceptors (Lipinski definition) is 4. The molecule has 6 heteroatoms. The predicted molar refractivity (Wildman–Crippen MR) is 66.8 cm³/mol. The highest BCUT2D eigenvalue weighted by molar-refractivity contribution is 5.85. The third kappa shape index (κ3) is 2.28. The standard InChI is InChI=1S/C13H10N2O4/c16-12(17)4-2-9-6-14-13(15-9)8-1-3-10-11(5-8)19-7-18-10/h1-6H,7H2,(H,14,15)(H,16,17)/b4-2+. The molecule has 0 saturated heterocycles.